The number of carbonyl (C=O) groups is 2. The molecule has 4 atom stereocenters. The fraction of sp³-hybridized carbons (Fsp3) is 0.737. The second kappa shape index (κ2) is 5.94. The molecular weight excluding hydrogens is 316 g/mol. The number of amides is 2. The zero-order valence-corrected chi connectivity index (χ0v) is 14.6. The van der Waals surface area contributed by atoms with Gasteiger partial charge in [0.2, 0.25) is 11.8 Å². The predicted molar refractivity (Wildman–Crippen MR) is 93.6 cm³/mol. The number of hydrogen-bond donors (Lipinski definition) is 2. The van der Waals surface area contributed by atoms with Gasteiger partial charge in [0.05, 0.1) is 23.8 Å². The summed E-state index contributed by atoms with van der Waals surface area (Å²) in [4.78, 5) is 32.7. The molecule has 3 heterocycles. The molecule has 2 saturated heterocycles. The van der Waals surface area contributed by atoms with Crippen molar-refractivity contribution >= 4 is 17.6 Å². The number of piperidine rings is 1. The van der Waals surface area contributed by atoms with E-state index in [1.54, 1.807) is 0 Å². The van der Waals surface area contributed by atoms with Gasteiger partial charge in [0.1, 0.15) is 5.84 Å². The van der Waals surface area contributed by atoms with Crippen LogP contribution in [0.2, 0.25) is 0 Å². The van der Waals surface area contributed by atoms with Gasteiger partial charge in [-0.25, -0.2) is 4.99 Å². The summed E-state index contributed by atoms with van der Waals surface area (Å²) in [6.45, 7) is 0. The Labute approximate surface area is 148 Å². The SMILES string of the molecule is O=C1NC2CCC3NC4CCCCC4C(=O)N3C2=NC2=C1CCCC2. The Morgan fingerprint density at radius 2 is 1.80 bits per heavy atom. The normalized spacial score (nSPS) is 37.9. The van der Waals surface area contributed by atoms with Crippen molar-refractivity contribution in [3.8, 4) is 0 Å². The Kier molecular flexibility index (Phi) is 3.69. The summed E-state index contributed by atoms with van der Waals surface area (Å²) >= 11 is 0. The zero-order chi connectivity index (χ0) is 17.0. The lowest BCUT2D eigenvalue weighted by Gasteiger charge is -2.50. The first kappa shape index (κ1) is 15.6. The fourth-order valence-corrected chi connectivity index (χ4v) is 5.30. The fourth-order valence-electron chi connectivity index (χ4n) is 5.30. The third-order valence-electron chi connectivity index (χ3n) is 6.59. The van der Waals surface area contributed by atoms with Crippen LogP contribution >= 0.6 is 0 Å². The van der Waals surface area contributed by atoms with Crippen molar-refractivity contribution < 1.29 is 9.59 Å². The largest absolute Gasteiger partial charge is 0.342 e. The molecule has 5 rings (SSSR count). The monoisotopic (exact) mass is 342 g/mol. The summed E-state index contributed by atoms with van der Waals surface area (Å²) < 4.78 is 0. The van der Waals surface area contributed by atoms with E-state index in [4.69, 9.17) is 4.99 Å². The van der Waals surface area contributed by atoms with Crippen molar-refractivity contribution in [2.24, 2.45) is 10.9 Å². The number of allylic oxidation sites excluding steroid dienone is 1. The van der Waals surface area contributed by atoms with Gasteiger partial charge in [-0.05, 0) is 51.4 Å². The third kappa shape index (κ3) is 2.45. The summed E-state index contributed by atoms with van der Waals surface area (Å²) in [6, 6.07) is 0.199. The lowest BCUT2D eigenvalue weighted by atomic mass is 9.80. The molecule has 0 aromatic heterocycles. The van der Waals surface area contributed by atoms with Crippen LogP contribution in [0.4, 0.5) is 0 Å². The summed E-state index contributed by atoms with van der Waals surface area (Å²) in [6.07, 6.45) is 9.99. The van der Waals surface area contributed by atoms with E-state index in [1.165, 1.54) is 6.42 Å². The van der Waals surface area contributed by atoms with Gasteiger partial charge in [0.25, 0.3) is 0 Å². The molecule has 1 saturated carbocycles. The Hall–Kier alpha value is -1.69. The van der Waals surface area contributed by atoms with Crippen LogP contribution in [0.1, 0.15) is 64.2 Å². The first-order valence-electron chi connectivity index (χ1n) is 9.93. The molecule has 6 heteroatoms. The highest BCUT2D eigenvalue weighted by atomic mass is 16.2. The number of rotatable bonds is 0. The number of hydrogen-bond acceptors (Lipinski definition) is 4. The predicted octanol–water partition coefficient (Wildman–Crippen LogP) is 1.82. The smallest absolute Gasteiger partial charge is 0.249 e. The summed E-state index contributed by atoms with van der Waals surface area (Å²) in [5, 5.41) is 6.88. The van der Waals surface area contributed by atoms with E-state index in [2.05, 4.69) is 10.6 Å². The summed E-state index contributed by atoms with van der Waals surface area (Å²) in [5.74, 6) is 1.12. The summed E-state index contributed by atoms with van der Waals surface area (Å²) in [5.41, 5.74) is 1.76. The van der Waals surface area contributed by atoms with Gasteiger partial charge in [0, 0.05) is 11.6 Å². The Balaban J connectivity index is 1.53. The molecule has 2 N–H and O–H groups in total. The van der Waals surface area contributed by atoms with Crippen molar-refractivity contribution in [2.75, 3.05) is 0 Å². The molecule has 2 amide bonds. The van der Waals surface area contributed by atoms with E-state index in [0.717, 1.165) is 74.9 Å². The highest BCUT2D eigenvalue weighted by Gasteiger charge is 2.48. The highest BCUT2D eigenvalue weighted by molar-refractivity contribution is 6.08. The number of aliphatic imine (C=N–C) groups is 1. The van der Waals surface area contributed by atoms with E-state index in [-0.39, 0.29) is 29.9 Å². The van der Waals surface area contributed by atoms with Crippen molar-refractivity contribution in [1.82, 2.24) is 15.5 Å². The van der Waals surface area contributed by atoms with Crippen LogP contribution in [0.15, 0.2) is 16.3 Å². The minimum absolute atomic E-state index is 0.0323. The zero-order valence-electron chi connectivity index (χ0n) is 14.6. The first-order valence-corrected chi connectivity index (χ1v) is 9.93. The molecule has 0 spiro atoms. The molecule has 4 unspecified atom stereocenters. The van der Waals surface area contributed by atoms with Crippen molar-refractivity contribution in [1.29, 1.82) is 0 Å². The third-order valence-corrected chi connectivity index (χ3v) is 6.59. The van der Waals surface area contributed by atoms with Crippen LogP contribution in [0.25, 0.3) is 0 Å². The van der Waals surface area contributed by atoms with E-state index < -0.39 is 0 Å². The average molecular weight is 342 g/mol. The van der Waals surface area contributed by atoms with Crippen LogP contribution in [0.5, 0.6) is 0 Å². The molecule has 0 bridgehead atoms. The maximum absolute atomic E-state index is 13.3. The highest BCUT2D eigenvalue weighted by Crippen LogP contribution is 2.36. The maximum atomic E-state index is 13.3. The Morgan fingerprint density at radius 1 is 0.960 bits per heavy atom. The molecule has 3 aliphatic heterocycles. The molecule has 2 aliphatic carbocycles. The van der Waals surface area contributed by atoms with Crippen LogP contribution in [0, 0.1) is 5.92 Å². The Morgan fingerprint density at radius 3 is 2.72 bits per heavy atom. The lowest BCUT2D eigenvalue weighted by molar-refractivity contribution is -0.141. The van der Waals surface area contributed by atoms with Gasteiger partial charge < -0.3 is 5.32 Å². The van der Waals surface area contributed by atoms with Crippen molar-refractivity contribution in [2.45, 2.75) is 82.5 Å². The summed E-state index contributed by atoms with van der Waals surface area (Å²) in [7, 11) is 0. The number of fused-ring (bicyclic) bond motifs is 4. The maximum Gasteiger partial charge on any atom is 0.249 e. The molecular formula is C19H26N4O2. The van der Waals surface area contributed by atoms with Crippen LogP contribution in [-0.2, 0) is 9.59 Å². The molecule has 0 aromatic carbocycles. The Bertz CT molecular complexity index is 683. The van der Waals surface area contributed by atoms with Gasteiger partial charge in [0.15, 0.2) is 0 Å². The standard InChI is InChI=1S/C19H26N4O2/c24-18-11-5-1-3-7-13(11)21-17-15(22-18)9-10-16-20-14-8-4-2-6-12(14)19(25)23(16)17/h12,14-16,20H,1-10H2,(H,22,24). The first-order chi connectivity index (χ1) is 12.2. The van der Waals surface area contributed by atoms with E-state index >= 15 is 0 Å². The second-order valence-electron chi connectivity index (χ2n) is 8.09. The van der Waals surface area contributed by atoms with Gasteiger partial charge in [-0.15, -0.1) is 0 Å². The number of nitrogens with zero attached hydrogens (tertiary/aromatic N) is 2. The molecule has 25 heavy (non-hydrogen) atoms. The van der Waals surface area contributed by atoms with Gasteiger partial charge in [-0.1, -0.05) is 12.8 Å². The van der Waals surface area contributed by atoms with Crippen LogP contribution in [0.3, 0.4) is 0 Å². The minimum Gasteiger partial charge on any atom is -0.342 e. The van der Waals surface area contributed by atoms with E-state index in [9.17, 15) is 9.59 Å². The van der Waals surface area contributed by atoms with E-state index in [1.807, 2.05) is 4.90 Å². The second-order valence-corrected chi connectivity index (χ2v) is 8.09. The van der Waals surface area contributed by atoms with Crippen molar-refractivity contribution in [3.63, 3.8) is 0 Å². The molecule has 6 nitrogen and oxygen atoms in total. The topological polar surface area (TPSA) is 73.8 Å². The lowest BCUT2D eigenvalue weighted by Crippen LogP contribution is -2.69. The molecule has 0 aromatic rings. The molecule has 134 valence electrons. The molecule has 3 fully saturated rings. The number of nitrogens with one attached hydrogen (secondary N) is 2. The quantitative estimate of drug-likeness (QED) is 0.705. The molecule has 0 radical (unpaired) electrons. The van der Waals surface area contributed by atoms with Gasteiger partial charge >= 0.3 is 0 Å². The average Bonchev–Trinajstić information content (AvgIpc) is 2.78. The number of carbonyl (C=O) groups excluding carboxylic acids is 2. The van der Waals surface area contributed by atoms with Crippen LogP contribution < -0.4 is 10.6 Å². The van der Waals surface area contributed by atoms with Gasteiger partial charge in [-0.2, -0.15) is 0 Å². The molecule has 5 aliphatic rings. The number of amidine groups is 1. The van der Waals surface area contributed by atoms with Gasteiger partial charge in [-0.3, -0.25) is 19.8 Å². The van der Waals surface area contributed by atoms with Crippen molar-refractivity contribution in [3.05, 3.63) is 11.3 Å². The minimum atomic E-state index is -0.125. The van der Waals surface area contributed by atoms with Crippen LogP contribution in [-0.4, -0.2) is 40.8 Å². The van der Waals surface area contributed by atoms with E-state index in [0.29, 0.717) is 6.04 Å².